The Labute approximate surface area is 163 Å². The molecule has 3 rings (SSSR count). The number of carbonyl (C=O) groups excluding carboxylic acids is 1. The normalized spacial score (nSPS) is 10.3. The van der Waals surface area contributed by atoms with Crippen molar-refractivity contribution in [2.24, 2.45) is 0 Å². The molecule has 0 aliphatic heterocycles. The monoisotopic (exact) mass is 381 g/mol. The lowest BCUT2D eigenvalue weighted by Gasteiger charge is -2.09. The summed E-state index contributed by atoms with van der Waals surface area (Å²) in [6, 6.07) is 18.7. The lowest BCUT2D eigenvalue weighted by Crippen LogP contribution is -2.15. The molecule has 0 spiro atoms. The van der Waals surface area contributed by atoms with Crippen LogP contribution in [0, 0.1) is 6.92 Å². The Bertz CT molecular complexity index is 899. The zero-order valence-corrected chi connectivity index (χ0v) is 15.7. The summed E-state index contributed by atoms with van der Waals surface area (Å²) in [5, 5.41) is 6.69. The standard InChI is InChI=1S/C21H20ClN3O2/c1-15-7-8-16(13-19(15)22)24-17-9-10-20(23-14-17)25-21(26)11-12-27-18-5-3-2-4-6-18/h2-10,13-14,24H,11-12H2,1H3,(H,23,25,26). The maximum Gasteiger partial charge on any atom is 0.228 e. The van der Waals surface area contributed by atoms with Gasteiger partial charge in [0.25, 0.3) is 0 Å². The van der Waals surface area contributed by atoms with Crippen LogP contribution in [-0.2, 0) is 4.79 Å². The summed E-state index contributed by atoms with van der Waals surface area (Å²) in [5.74, 6) is 1.09. The molecule has 1 aromatic heterocycles. The number of hydrogen-bond acceptors (Lipinski definition) is 4. The molecule has 3 aromatic rings. The number of nitrogens with zero attached hydrogens (tertiary/aromatic N) is 1. The third-order valence-corrected chi connectivity index (χ3v) is 4.24. The molecule has 1 amide bonds. The van der Waals surface area contributed by atoms with Gasteiger partial charge in [-0.2, -0.15) is 0 Å². The molecule has 1 heterocycles. The minimum Gasteiger partial charge on any atom is -0.493 e. The predicted molar refractivity (Wildman–Crippen MR) is 109 cm³/mol. The first-order valence-corrected chi connectivity index (χ1v) is 8.95. The van der Waals surface area contributed by atoms with Crippen molar-refractivity contribution in [1.29, 1.82) is 0 Å². The number of ether oxygens (including phenoxy) is 1. The molecule has 5 nitrogen and oxygen atoms in total. The Balaban J connectivity index is 1.48. The Hall–Kier alpha value is -3.05. The third kappa shape index (κ3) is 5.72. The maximum atomic E-state index is 12.0. The largest absolute Gasteiger partial charge is 0.493 e. The van der Waals surface area contributed by atoms with E-state index in [4.69, 9.17) is 16.3 Å². The van der Waals surface area contributed by atoms with E-state index in [1.165, 1.54) is 0 Å². The van der Waals surface area contributed by atoms with Crippen molar-refractivity contribution in [3.63, 3.8) is 0 Å². The van der Waals surface area contributed by atoms with Gasteiger partial charge in [-0.3, -0.25) is 4.79 Å². The molecule has 2 aromatic carbocycles. The highest BCUT2D eigenvalue weighted by atomic mass is 35.5. The van der Waals surface area contributed by atoms with Crippen molar-refractivity contribution in [2.75, 3.05) is 17.2 Å². The molecule has 0 unspecified atom stereocenters. The number of hydrogen-bond donors (Lipinski definition) is 2. The zero-order valence-electron chi connectivity index (χ0n) is 14.9. The summed E-state index contributed by atoms with van der Waals surface area (Å²) in [6.45, 7) is 2.26. The summed E-state index contributed by atoms with van der Waals surface area (Å²) in [4.78, 5) is 16.2. The molecule has 0 saturated heterocycles. The van der Waals surface area contributed by atoms with E-state index in [0.717, 1.165) is 22.7 Å². The van der Waals surface area contributed by atoms with Gasteiger partial charge in [-0.15, -0.1) is 0 Å². The van der Waals surface area contributed by atoms with Crippen LogP contribution in [0.3, 0.4) is 0 Å². The number of rotatable bonds is 7. The van der Waals surface area contributed by atoms with Gasteiger partial charge >= 0.3 is 0 Å². The number of amides is 1. The van der Waals surface area contributed by atoms with Crippen LogP contribution in [-0.4, -0.2) is 17.5 Å². The van der Waals surface area contributed by atoms with Gasteiger partial charge in [0.05, 0.1) is 24.9 Å². The Morgan fingerprint density at radius 1 is 1.07 bits per heavy atom. The van der Waals surface area contributed by atoms with Gasteiger partial charge < -0.3 is 15.4 Å². The van der Waals surface area contributed by atoms with E-state index >= 15 is 0 Å². The molecular weight excluding hydrogens is 362 g/mol. The van der Waals surface area contributed by atoms with Gasteiger partial charge in [0.1, 0.15) is 11.6 Å². The zero-order chi connectivity index (χ0) is 19.1. The van der Waals surface area contributed by atoms with E-state index in [1.807, 2.05) is 61.5 Å². The Morgan fingerprint density at radius 3 is 2.56 bits per heavy atom. The number of carbonyl (C=O) groups is 1. The molecule has 0 saturated carbocycles. The molecule has 0 radical (unpaired) electrons. The predicted octanol–water partition coefficient (Wildman–Crippen LogP) is 5.19. The van der Waals surface area contributed by atoms with E-state index in [0.29, 0.717) is 17.4 Å². The fraction of sp³-hybridized carbons (Fsp3) is 0.143. The number of benzene rings is 2. The van der Waals surface area contributed by atoms with E-state index < -0.39 is 0 Å². The number of aromatic nitrogens is 1. The minimum atomic E-state index is -0.149. The molecule has 0 aliphatic rings. The number of anilines is 3. The minimum absolute atomic E-state index is 0.149. The average molecular weight is 382 g/mol. The van der Waals surface area contributed by atoms with Crippen LogP contribution in [0.5, 0.6) is 5.75 Å². The highest BCUT2D eigenvalue weighted by Crippen LogP contribution is 2.23. The first kappa shape index (κ1) is 18.7. The van der Waals surface area contributed by atoms with Gasteiger partial charge in [-0.05, 0) is 48.9 Å². The lowest BCUT2D eigenvalue weighted by atomic mass is 10.2. The first-order chi connectivity index (χ1) is 13.1. The number of nitrogens with one attached hydrogen (secondary N) is 2. The fourth-order valence-electron chi connectivity index (χ4n) is 2.36. The van der Waals surface area contributed by atoms with Crippen molar-refractivity contribution >= 4 is 34.7 Å². The quantitative estimate of drug-likeness (QED) is 0.590. The second-order valence-electron chi connectivity index (χ2n) is 5.98. The highest BCUT2D eigenvalue weighted by molar-refractivity contribution is 6.31. The van der Waals surface area contributed by atoms with Crippen LogP contribution >= 0.6 is 11.6 Å². The number of para-hydroxylation sites is 1. The first-order valence-electron chi connectivity index (χ1n) is 8.57. The molecule has 0 aliphatic carbocycles. The van der Waals surface area contributed by atoms with Crippen LogP contribution < -0.4 is 15.4 Å². The van der Waals surface area contributed by atoms with Crippen molar-refractivity contribution in [3.05, 3.63) is 77.4 Å². The smallest absolute Gasteiger partial charge is 0.228 e. The molecule has 2 N–H and O–H groups in total. The molecule has 0 atom stereocenters. The van der Waals surface area contributed by atoms with Crippen molar-refractivity contribution in [2.45, 2.75) is 13.3 Å². The molecule has 0 bridgehead atoms. The average Bonchev–Trinajstić information content (AvgIpc) is 2.67. The van der Waals surface area contributed by atoms with E-state index in [-0.39, 0.29) is 12.3 Å². The number of pyridine rings is 1. The van der Waals surface area contributed by atoms with Gasteiger partial charge in [0.2, 0.25) is 5.91 Å². The molecule has 27 heavy (non-hydrogen) atoms. The lowest BCUT2D eigenvalue weighted by molar-refractivity contribution is -0.116. The molecular formula is C21H20ClN3O2. The topological polar surface area (TPSA) is 63.2 Å². The molecule has 6 heteroatoms. The SMILES string of the molecule is Cc1ccc(Nc2ccc(NC(=O)CCOc3ccccc3)nc2)cc1Cl. The fourth-order valence-corrected chi connectivity index (χ4v) is 2.54. The van der Waals surface area contributed by atoms with Crippen LogP contribution in [0.25, 0.3) is 0 Å². The molecule has 138 valence electrons. The summed E-state index contributed by atoms with van der Waals surface area (Å²) in [5.41, 5.74) is 2.71. The maximum absolute atomic E-state index is 12.0. The second-order valence-corrected chi connectivity index (χ2v) is 6.39. The highest BCUT2D eigenvalue weighted by Gasteiger charge is 2.05. The van der Waals surface area contributed by atoms with Gasteiger partial charge in [-0.1, -0.05) is 35.9 Å². The van der Waals surface area contributed by atoms with E-state index in [9.17, 15) is 4.79 Å². The van der Waals surface area contributed by atoms with E-state index in [2.05, 4.69) is 15.6 Å². The Kier molecular flexibility index (Phi) is 6.28. The van der Waals surface area contributed by atoms with Crippen LogP contribution in [0.15, 0.2) is 66.9 Å². The summed E-state index contributed by atoms with van der Waals surface area (Å²) in [6.07, 6.45) is 1.91. The summed E-state index contributed by atoms with van der Waals surface area (Å²) >= 11 is 6.13. The second kappa shape index (κ2) is 9.05. The molecule has 0 fully saturated rings. The van der Waals surface area contributed by atoms with Gasteiger partial charge in [0.15, 0.2) is 0 Å². The van der Waals surface area contributed by atoms with Crippen LogP contribution in [0.2, 0.25) is 5.02 Å². The van der Waals surface area contributed by atoms with Crippen molar-refractivity contribution in [3.8, 4) is 5.75 Å². The van der Waals surface area contributed by atoms with Crippen molar-refractivity contribution < 1.29 is 9.53 Å². The van der Waals surface area contributed by atoms with Gasteiger partial charge in [-0.25, -0.2) is 4.98 Å². The Morgan fingerprint density at radius 2 is 1.85 bits per heavy atom. The third-order valence-electron chi connectivity index (χ3n) is 3.83. The summed E-state index contributed by atoms with van der Waals surface area (Å²) in [7, 11) is 0. The number of aryl methyl sites for hydroxylation is 1. The van der Waals surface area contributed by atoms with E-state index in [1.54, 1.807) is 12.3 Å². The van der Waals surface area contributed by atoms with Gasteiger partial charge in [0, 0.05) is 10.7 Å². The summed E-state index contributed by atoms with van der Waals surface area (Å²) < 4.78 is 5.52. The number of halogens is 1. The van der Waals surface area contributed by atoms with Crippen molar-refractivity contribution in [1.82, 2.24) is 4.98 Å². The van der Waals surface area contributed by atoms with Crippen LogP contribution in [0.1, 0.15) is 12.0 Å². The van der Waals surface area contributed by atoms with Crippen LogP contribution in [0.4, 0.5) is 17.2 Å².